The van der Waals surface area contributed by atoms with Crippen molar-refractivity contribution in [2.45, 2.75) is 6.42 Å². The van der Waals surface area contributed by atoms with Gasteiger partial charge >= 0.3 is 0 Å². The second-order valence-electron chi connectivity index (χ2n) is 3.34. The summed E-state index contributed by atoms with van der Waals surface area (Å²) in [5.41, 5.74) is 6.10. The Bertz CT molecular complexity index is 105. The summed E-state index contributed by atoms with van der Waals surface area (Å²) < 4.78 is 1.26. The maximum atomic E-state index is 5.52. The molecule has 1 aliphatic heterocycles. The molecular formula is C7H15IN2. The van der Waals surface area contributed by atoms with Gasteiger partial charge in [0.2, 0.25) is 0 Å². The van der Waals surface area contributed by atoms with E-state index < -0.39 is 0 Å². The van der Waals surface area contributed by atoms with Gasteiger partial charge in [-0.2, -0.15) is 0 Å². The Morgan fingerprint density at radius 3 is 2.50 bits per heavy atom. The van der Waals surface area contributed by atoms with Crippen LogP contribution in [0.1, 0.15) is 6.42 Å². The van der Waals surface area contributed by atoms with E-state index in [1.54, 1.807) is 0 Å². The minimum atomic E-state index is 0.573. The fourth-order valence-electron chi connectivity index (χ4n) is 1.71. The molecular weight excluding hydrogens is 239 g/mol. The van der Waals surface area contributed by atoms with Crippen LogP contribution in [0.25, 0.3) is 0 Å². The van der Waals surface area contributed by atoms with Gasteiger partial charge in [-0.25, -0.2) is 0 Å². The third-order valence-electron chi connectivity index (χ3n) is 2.17. The molecule has 0 aromatic heterocycles. The molecule has 0 bridgehead atoms. The highest BCUT2D eigenvalue weighted by molar-refractivity contribution is 14.1. The lowest BCUT2D eigenvalue weighted by molar-refractivity contribution is 0.0410. The highest BCUT2D eigenvalue weighted by Crippen LogP contribution is 2.34. The number of hydrogen-bond donors (Lipinski definition) is 1. The van der Waals surface area contributed by atoms with Crippen LogP contribution in [0, 0.1) is 5.41 Å². The van der Waals surface area contributed by atoms with Gasteiger partial charge in [-0.05, 0) is 20.0 Å². The number of alkyl halides is 1. The van der Waals surface area contributed by atoms with Gasteiger partial charge in [0.15, 0.2) is 0 Å². The smallest absolute Gasteiger partial charge is 0.00770 e. The van der Waals surface area contributed by atoms with Crippen molar-refractivity contribution in [1.82, 2.24) is 4.90 Å². The molecule has 1 aliphatic rings. The second-order valence-corrected chi connectivity index (χ2v) is 4.11. The van der Waals surface area contributed by atoms with Crippen molar-refractivity contribution < 1.29 is 0 Å². The van der Waals surface area contributed by atoms with Gasteiger partial charge in [-0.3, -0.25) is 0 Å². The zero-order valence-corrected chi connectivity index (χ0v) is 8.60. The summed E-state index contributed by atoms with van der Waals surface area (Å²) in [6.45, 7) is 3.33. The molecule has 1 saturated heterocycles. The van der Waals surface area contributed by atoms with E-state index in [1.807, 2.05) is 0 Å². The highest BCUT2D eigenvalue weighted by atomic mass is 127. The van der Waals surface area contributed by atoms with E-state index >= 15 is 0 Å². The fraction of sp³-hybridized carbons (Fsp3) is 1.00. The predicted octanol–water partition coefficient (Wildman–Crippen LogP) is 0.702. The van der Waals surface area contributed by atoms with Crippen molar-refractivity contribution in [3.05, 3.63) is 0 Å². The maximum absolute atomic E-state index is 5.52. The van der Waals surface area contributed by atoms with Crippen LogP contribution >= 0.6 is 22.6 Å². The normalized spacial score (nSPS) is 24.3. The zero-order valence-electron chi connectivity index (χ0n) is 6.44. The van der Waals surface area contributed by atoms with Crippen LogP contribution in [0.15, 0.2) is 0 Å². The SMILES string of the molecule is CN1CC(CI)(CCN)C1. The van der Waals surface area contributed by atoms with E-state index in [2.05, 4.69) is 34.5 Å². The lowest BCUT2D eigenvalue weighted by atomic mass is 9.79. The van der Waals surface area contributed by atoms with Crippen LogP contribution in [-0.4, -0.2) is 36.0 Å². The molecule has 0 saturated carbocycles. The Morgan fingerprint density at radius 2 is 2.20 bits per heavy atom. The molecule has 2 N–H and O–H groups in total. The van der Waals surface area contributed by atoms with Crippen molar-refractivity contribution in [2.75, 3.05) is 31.1 Å². The van der Waals surface area contributed by atoms with Gasteiger partial charge < -0.3 is 10.6 Å². The van der Waals surface area contributed by atoms with Gasteiger partial charge in [0, 0.05) is 22.9 Å². The summed E-state index contributed by atoms with van der Waals surface area (Å²) in [4.78, 5) is 2.36. The van der Waals surface area contributed by atoms with E-state index in [9.17, 15) is 0 Å². The Labute approximate surface area is 76.3 Å². The van der Waals surface area contributed by atoms with E-state index in [0.29, 0.717) is 5.41 Å². The summed E-state index contributed by atoms with van der Waals surface area (Å²) in [7, 11) is 2.17. The molecule has 1 fully saturated rings. The average molecular weight is 254 g/mol. The Kier molecular flexibility index (Phi) is 2.94. The quantitative estimate of drug-likeness (QED) is 0.593. The van der Waals surface area contributed by atoms with Gasteiger partial charge in [-0.15, -0.1) is 0 Å². The molecule has 0 atom stereocenters. The monoisotopic (exact) mass is 254 g/mol. The number of rotatable bonds is 3. The molecule has 3 heteroatoms. The van der Waals surface area contributed by atoms with E-state index in [-0.39, 0.29) is 0 Å². The standard InChI is InChI=1S/C7H15IN2/c1-10-5-7(4-8,6-10)2-3-9/h2-6,9H2,1H3. The molecule has 0 spiro atoms. The number of nitrogens with zero attached hydrogens (tertiary/aromatic N) is 1. The number of likely N-dealkylation sites (tertiary alicyclic amines) is 1. The minimum absolute atomic E-state index is 0.573. The van der Waals surface area contributed by atoms with Crippen LogP contribution in [0.5, 0.6) is 0 Å². The van der Waals surface area contributed by atoms with Crippen molar-refractivity contribution in [2.24, 2.45) is 11.1 Å². The first-order valence-corrected chi connectivity index (χ1v) is 5.19. The van der Waals surface area contributed by atoms with Gasteiger partial charge in [-0.1, -0.05) is 22.6 Å². The Morgan fingerprint density at radius 1 is 1.60 bits per heavy atom. The molecule has 0 amide bonds. The fourth-order valence-corrected chi connectivity index (χ4v) is 2.58. The average Bonchev–Trinajstić information content (AvgIpc) is 1.84. The van der Waals surface area contributed by atoms with Gasteiger partial charge in [0.1, 0.15) is 0 Å². The first-order valence-electron chi connectivity index (χ1n) is 3.67. The largest absolute Gasteiger partial charge is 0.330 e. The molecule has 1 heterocycles. The number of nitrogens with two attached hydrogens (primary N) is 1. The Hall–Kier alpha value is 0.650. The lowest BCUT2D eigenvalue weighted by Crippen LogP contribution is -2.56. The highest BCUT2D eigenvalue weighted by Gasteiger charge is 2.38. The first kappa shape index (κ1) is 8.74. The van der Waals surface area contributed by atoms with E-state index in [0.717, 1.165) is 6.54 Å². The predicted molar refractivity (Wildman–Crippen MR) is 52.5 cm³/mol. The van der Waals surface area contributed by atoms with Crippen molar-refractivity contribution >= 4 is 22.6 Å². The van der Waals surface area contributed by atoms with Crippen LogP contribution < -0.4 is 5.73 Å². The summed E-state index contributed by atoms with van der Waals surface area (Å²) in [6, 6.07) is 0. The van der Waals surface area contributed by atoms with Crippen LogP contribution in [0.4, 0.5) is 0 Å². The zero-order chi connectivity index (χ0) is 7.61. The van der Waals surface area contributed by atoms with Gasteiger partial charge in [0.05, 0.1) is 0 Å². The molecule has 2 nitrogen and oxygen atoms in total. The third-order valence-corrected chi connectivity index (χ3v) is 3.79. The van der Waals surface area contributed by atoms with Gasteiger partial charge in [0.25, 0.3) is 0 Å². The summed E-state index contributed by atoms with van der Waals surface area (Å²) in [6.07, 6.45) is 1.19. The molecule has 0 aliphatic carbocycles. The molecule has 1 rings (SSSR count). The van der Waals surface area contributed by atoms with Crippen LogP contribution in [-0.2, 0) is 0 Å². The molecule has 10 heavy (non-hydrogen) atoms. The summed E-state index contributed by atoms with van der Waals surface area (Å²) in [5, 5.41) is 0. The van der Waals surface area contributed by atoms with Crippen molar-refractivity contribution in [1.29, 1.82) is 0 Å². The topological polar surface area (TPSA) is 29.3 Å². The van der Waals surface area contributed by atoms with Crippen LogP contribution in [0.2, 0.25) is 0 Å². The minimum Gasteiger partial charge on any atom is -0.330 e. The third kappa shape index (κ3) is 1.62. The second kappa shape index (κ2) is 3.36. The maximum Gasteiger partial charge on any atom is 0.00770 e. The number of halogens is 1. The van der Waals surface area contributed by atoms with Crippen molar-refractivity contribution in [3.8, 4) is 0 Å². The summed E-state index contributed by atoms with van der Waals surface area (Å²) >= 11 is 2.47. The lowest BCUT2D eigenvalue weighted by Gasteiger charge is -2.47. The first-order chi connectivity index (χ1) is 4.72. The van der Waals surface area contributed by atoms with E-state index in [4.69, 9.17) is 5.73 Å². The molecule has 60 valence electrons. The molecule has 0 aromatic carbocycles. The molecule has 0 unspecified atom stereocenters. The Balaban J connectivity index is 2.32. The van der Waals surface area contributed by atoms with Crippen LogP contribution in [0.3, 0.4) is 0 Å². The summed E-state index contributed by atoms with van der Waals surface area (Å²) in [5.74, 6) is 0. The number of hydrogen-bond acceptors (Lipinski definition) is 2. The molecule has 0 aromatic rings. The van der Waals surface area contributed by atoms with E-state index in [1.165, 1.54) is 23.9 Å². The molecule has 0 radical (unpaired) electrons. The van der Waals surface area contributed by atoms with Crippen molar-refractivity contribution in [3.63, 3.8) is 0 Å².